The molecule has 1 N–H and O–H groups in total. The second-order valence-corrected chi connectivity index (χ2v) is 6.37. The fraction of sp³-hybridized carbons (Fsp3) is 0.316. The molecule has 24 heavy (non-hydrogen) atoms. The molecule has 0 aliphatic carbocycles. The minimum atomic E-state index is -0.218. The largest absolute Gasteiger partial charge is 0.497 e. The normalized spacial score (nSPS) is 10.4. The van der Waals surface area contributed by atoms with Crippen LogP contribution in [0.1, 0.15) is 17.5 Å². The lowest BCUT2D eigenvalue weighted by atomic mass is 10.1. The molecule has 0 radical (unpaired) electrons. The third kappa shape index (κ3) is 6.24. The number of carbonyl (C=O) groups is 1. The molecule has 0 atom stereocenters. The van der Waals surface area contributed by atoms with Crippen molar-refractivity contribution < 1.29 is 13.9 Å². The second-order valence-electron chi connectivity index (χ2n) is 5.39. The number of hydrogen-bond acceptors (Lipinski definition) is 3. The van der Waals surface area contributed by atoms with Gasteiger partial charge in [0.2, 0.25) is 5.91 Å². The number of methoxy groups -OCH3 is 1. The number of carbonyl (C=O) groups excluding carboxylic acids is 1. The molecule has 0 bridgehead atoms. The molecular weight excluding hydrogens is 325 g/mol. The molecule has 2 rings (SSSR count). The van der Waals surface area contributed by atoms with Crippen molar-refractivity contribution in [2.24, 2.45) is 0 Å². The first-order valence-electron chi connectivity index (χ1n) is 7.90. The number of ether oxygens (including phenoxy) is 1. The first kappa shape index (κ1) is 18.3. The molecule has 0 aromatic heterocycles. The van der Waals surface area contributed by atoms with Gasteiger partial charge in [0.1, 0.15) is 11.6 Å². The lowest BCUT2D eigenvalue weighted by Crippen LogP contribution is -2.26. The number of hydrogen-bond donors (Lipinski definition) is 1. The summed E-state index contributed by atoms with van der Waals surface area (Å²) >= 11 is 1.42. The van der Waals surface area contributed by atoms with Gasteiger partial charge in [0.05, 0.1) is 12.9 Å². The highest BCUT2D eigenvalue weighted by Crippen LogP contribution is 2.15. The van der Waals surface area contributed by atoms with E-state index < -0.39 is 0 Å². The van der Waals surface area contributed by atoms with Gasteiger partial charge in [-0.1, -0.05) is 30.3 Å². The molecule has 3 nitrogen and oxygen atoms in total. The van der Waals surface area contributed by atoms with Gasteiger partial charge in [-0.25, -0.2) is 4.39 Å². The predicted molar refractivity (Wildman–Crippen MR) is 96.9 cm³/mol. The van der Waals surface area contributed by atoms with Crippen LogP contribution in [0.3, 0.4) is 0 Å². The Hall–Kier alpha value is -2.01. The van der Waals surface area contributed by atoms with Gasteiger partial charge in [-0.2, -0.15) is 0 Å². The summed E-state index contributed by atoms with van der Waals surface area (Å²) in [5.74, 6) is 1.47. The lowest BCUT2D eigenvalue weighted by Gasteiger charge is -2.06. The summed E-state index contributed by atoms with van der Waals surface area (Å²) in [6.07, 6.45) is 1.79. The first-order chi connectivity index (χ1) is 11.7. The van der Waals surface area contributed by atoms with E-state index in [9.17, 15) is 9.18 Å². The van der Waals surface area contributed by atoms with Crippen molar-refractivity contribution in [3.63, 3.8) is 0 Å². The van der Waals surface area contributed by atoms with E-state index in [2.05, 4.69) is 5.32 Å². The van der Waals surface area contributed by atoms with Crippen LogP contribution in [0.5, 0.6) is 5.75 Å². The Morgan fingerprint density at radius 1 is 1.17 bits per heavy atom. The van der Waals surface area contributed by atoms with Crippen molar-refractivity contribution in [2.45, 2.75) is 18.6 Å². The number of amides is 1. The van der Waals surface area contributed by atoms with Crippen LogP contribution < -0.4 is 10.1 Å². The zero-order valence-corrected chi connectivity index (χ0v) is 14.6. The first-order valence-corrected chi connectivity index (χ1v) is 9.05. The Kier molecular flexibility index (Phi) is 7.62. The quantitative estimate of drug-likeness (QED) is 0.701. The van der Waals surface area contributed by atoms with E-state index in [-0.39, 0.29) is 11.7 Å². The van der Waals surface area contributed by atoms with Gasteiger partial charge in [0, 0.05) is 12.3 Å². The van der Waals surface area contributed by atoms with Gasteiger partial charge in [0.25, 0.3) is 0 Å². The average Bonchev–Trinajstić information content (AvgIpc) is 2.61. The summed E-state index contributed by atoms with van der Waals surface area (Å²) in [5.41, 5.74) is 1.86. The molecule has 0 aliphatic heterocycles. The van der Waals surface area contributed by atoms with Crippen LogP contribution in [0.25, 0.3) is 0 Å². The van der Waals surface area contributed by atoms with Crippen molar-refractivity contribution in [2.75, 3.05) is 19.4 Å². The van der Waals surface area contributed by atoms with Gasteiger partial charge in [-0.3, -0.25) is 4.79 Å². The molecule has 128 valence electrons. The monoisotopic (exact) mass is 347 g/mol. The minimum Gasteiger partial charge on any atom is -0.497 e. The van der Waals surface area contributed by atoms with E-state index in [1.807, 2.05) is 24.3 Å². The van der Waals surface area contributed by atoms with E-state index in [1.54, 1.807) is 25.3 Å². The minimum absolute atomic E-state index is 0.00827. The Morgan fingerprint density at radius 3 is 2.62 bits per heavy atom. The second kappa shape index (κ2) is 9.98. The molecule has 0 spiro atoms. The summed E-state index contributed by atoms with van der Waals surface area (Å²) < 4.78 is 18.6. The third-order valence-corrected chi connectivity index (χ3v) is 4.55. The van der Waals surface area contributed by atoms with E-state index >= 15 is 0 Å². The maximum absolute atomic E-state index is 13.4. The van der Waals surface area contributed by atoms with E-state index in [4.69, 9.17) is 4.74 Å². The molecule has 0 heterocycles. The van der Waals surface area contributed by atoms with Gasteiger partial charge in [0.15, 0.2) is 0 Å². The van der Waals surface area contributed by atoms with Crippen LogP contribution in [0.15, 0.2) is 48.5 Å². The van der Waals surface area contributed by atoms with Gasteiger partial charge >= 0.3 is 0 Å². The number of halogens is 1. The van der Waals surface area contributed by atoms with Crippen molar-refractivity contribution in [1.29, 1.82) is 0 Å². The maximum atomic E-state index is 13.4. The summed E-state index contributed by atoms with van der Waals surface area (Å²) in [6, 6.07) is 14.6. The highest BCUT2D eigenvalue weighted by Gasteiger charge is 2.04. The summed E-state index contributed by atoms with van der Waals surface area (Å²) in [7, 11) is 1.65. The van der Waals surface area contributed by atoms with Crippen LogP contribution in [0.4, 0.5) is 4.39 Å². The third-order valence-electron chi connectivity index (χ3n) is 3.57. The number of rotatable bonds is 9. The van der Waals surface area contributed by atoms with Crippen molar-refractivity contribution in [3.05, 3.63) is 65.5 Å². The fourth-order valence-corrected chi connectivity index (χ4v) is 3.08. The Balaban J connectivity index is 1.58. The number of benzene rings is 2. The van der Waals surface area contributed by atoms with Gasteiger partial charge in [-0.05, 0) is 42.2 Å². The molecule has 2 aromatic carbocycles. The molecule has 0 fully saturated rings. The molecule has 0 saturated heterocycles. The smallest absolute Gasteiger partial charge is 0.230 e. The Labute approximate surface area is 146 Å². The Bertz CT molecular complexity index is 646. The summed E-state index contributed by atoms with van der Waals surface area (Å²) in [4.78, 5) is 11.8. The maximum Gasteiger partial charge on any atom is 0.230 e. The summed E-state index contributed by atoms with van der Waals surface area (Å²) in [6.45, 7) is 0.644. The fourth-order valence-electron chi connectivity index (χ4n) is 2.23. The van der Waals surface area contributed by atoms with Crippen molar-refractivity contribution in [1.82, 2.24) is 5.32 Å². The van der Waals surface area contributed by atoms with Crippen molar-refractivity contribution >= 4 is 17.7 Å². The van der Waals surface area contributed by atoms with E-state index in [0.717, 1.165) is 18.6 Å². The highest BCUT2D eigenvalue weighted by molar-refractivity contribution is 7.99. The molecule has 0 unspecified atom stereocenters. The van der Waals surface area contributed by atoms with E-state index in [0.29, 0.717) is 23.6 Å². The zero-order valence-electron chi connectivity index (χ0n) is 13.8. The molecule has 0 aliphatic rings. The van der Waals surface area contributed by atoms with Crippen LogP contribution in [0, 0.1) is 5.82 Å². The van der Waals surface area contributed by atoms with Crippen LogP contribution >= 0.6 is 11.8 Å². The average molecular weight is 347 g/mol. The highest BCUT2D eigenvalue weighted by atomic mass is 32.2. The molecule has 5 heteroatoms. The van der Waals surface area contributed by atoms with Crippen LogP contribution in [-0.4, -0.2) is 25.3 Å². The molecule has 1 amide bonds. The van der Waals surface area contributed by atoms with Crippen molar-refractivity contribution in [3.8, 4) is 5.75 Å². The summed E-state index contributed by atoms with van der Waals surface area (Å²) in [5, 5.41) is 2.90. The predicted octanol–water partition coefficient (Wildman–Crippen LogP) is 3.82. The zero-order chi connectivity index (χ0) is 17.2. The van der Waals surface area contributed by atoms with E-state index in [1.165, 1.54) is 23.4 Å². The molecule has 2 aromatic rings. The number of thioether (sulfide) groups is 1. The van der Waals surface area contributed by atoms with Gasteiger partial charge < -0.3 is 10.1 Å². The number of aryl methyl sites for hydroxylation is 1. The SMILES string of the molecule is COc1ccc(CCCNC(=O)CSCc2ccccc2F)cc1. The molecule has 0 saturated carbocycles. The van der Waals surface area contributed by atoms with Crippen LogP contribution in [0.2, 0.25) is 0 Å². The lowest BCUT2D eigenvalue weighted by molar-refractivity contribution is -0.118. The topological polar surface area (TPSA) is 38.3 Å². The molecular formula is C19H22FNO2S. The Morgan fingerprint density at radius 2 is 1.92 bits per heavy atom. The van der Waals surface area contributed by atoms with Crippen LogP contribution in [-0.2, 0) is 17.0 Å². The number of nitrogens with one attached hydrogen (secondary N) is 1. The standard InChI is InChI=1S/C19H22FNO2S/c1-23-17-10-8-15(9-11-17)5-4-12-21-19(22)14-24-13-16-6-2-3-7-18(16)20/h2-3,6-11H,4-5,12-14H2,1H3,(H,21,22). The van der Waals surface area contributed by atoms with Gasteiger partial charge in [-0.15, -0.1) is 11.8 Å².